The van der Waals surface area contributed by atoms with Crippen molar-refractivity contribution < 1.29 is 4.79 Å². The molecule has 0 saturated heterocycles. The van der Waals surface area contributed by atoms with Crippen LogP contribution in [0.1, 0.15) is 18.2 Å². The highest BCUT2D eigenvalue weighted by atomic mass is 32.2. The second-order valence-electron chi connectivity index (χ2n) is 4.27. The van der Waals surface area contributed by atoms with Gasteiger partial charge in [-0.25, -0.2) is 4.98 Å². The molecule has 2 aromatic rings. The summed E-state index contributed by atoms with van der Waals surface area (Å²) in [6, 6.07) is 10.3. The highest BCUT2D eigenvalue weighted by Gasteiger charge is 2.08. The lowest BCUT2D eigenvalue weighted by molar-refractivity contribution is -0.117. The number of thioether (sulfide) groups is 1. The maximum absolute atomic E-state index is 11.2. The number of nitrogens with zero attached hydrogens (tertiary/aromatic N) is 2. The molecule has 1 aromatic heterocycles. The molecule has 0 N–H and O–H groups in total. The zero-order chi connectivity index (χ0) is 13.0. The summed E-state index contributed by atoms with van der Waals surface area (Å²) in [7, 11) is 0. The molecule has 3 nitrogen and oxygen atoms in total. The Balaban J connectivity index is 2.07. The molecule has 0 saturated carbocycles. The quantitative estimate of drug-likeness (QED) is 0.775. The Bertz CT molecular complexity index is 534. The van der Waals surface area contributed by atoms with Crippen molar-refractivity contribution in [2.45, 2.75) is 31.3 Å². The van der Waals surface area contributed by atoms with Crippen molar-refractivity contribution in [2.24, 2.45) is 0 Å². The van der Waals surface area contributed by atoms with Crippen molar-refractivity contribution in [1.29, 1.82) is 0 Å². The van der Waals surface area contributed by atoms with Gasteiger partial charge in [0.05, 0.1) is 12.2 Å². The number of benzene rings is 1. The van der Waals surface area contributed by atoms with Crippen LogP contribution in [0.3, 0.4) is 0 Å². The summed E-state index contributed by atoms with van der Waals surface area (Å²) >= 11 is 1.66. The third-order valence-corrected chi connectivity index (χ3v) is 3.53. The van der Waals surface area contributed by atoms with Crippen LogP contribution in [0.15, 0.2) is 41.7 Å². The van der Waals surface area contributed by atoms with Gasteiger partial charge < -0.3 is 4.57 Å². The molecule has 0 unspecified atom stereocenters. The second-order valence-corrected chi connectivity index (χ2v) is 5.21. The van der Waals surface area contributed by atoms with E-state index in [4.69, 9.17) is 0 Å². The highest BCUT2D eigenvalue weighted by molar-refractivity contribution is 7.98. The minimum atomic E-state index is 0.147. The third-order valence-electron chi connectivity index (χ3n) is 2.46. The molecule has 0 aliphatic heterocycles. The molecule has 0 aliphatic carbocycles. The molecule has 0 spiro atoms. The predicted molar refractivity (Wildman–Crippen MR) is 73.6 cm³/mol. The van der Waals surface area contributed by atoms with Crippen molar-refractivity contribution in [3.05, 3.63) is 47.8 Å². The van der Waals surface area contributed by atoms with Crippen molar-refractivity contribution >= 4 is 17.5 Å². The van der Waals surface area contributed by atoms with E-state index in [0.717, 1.165) is 16.6 Å². The summed E-state index contributed by atoms with van der Waals surface area (Å²) in [5, 5.41) is 0.909. The minimum Gasteiger partial charge on any atom is -0.318 e. The van der Waals surface area contributed by atoms with Crippen molar-refractivity contribution in [2.75, 3.05) is 0 Å². The number of carbonyl (C=O) groups is 1. The fraction of sp³-hybridized carbons (Fsp3) is 0.286. The van der Waals surface area contributed by atoms with Crippen LogP contribution in [0.5, 0.6) is 0 Å². The van der Waals surface area contributed by atoms with E-state index < -0.39 is 0 Å². The first-order valence-electron chi connectivity index (χ1n) is 5.85. The number of imidazole rings is 1. The normalized spacial score (nSPS) is 10.6. The summed E-state index contributed by atoms with van der Waals surface area (Å²) < 4.78 is 1.92. The van der Waals surface area contributed by atoms with Crippen molar-refractivity contribution in [1.82, 2.24) is 9.55 Å². The fourth-order valence-electron chi connectivity index (χ4n) is 1.72. The van der Waals surface area contributed by atoms with Crippen LogP contribution in [0.2, 0.25) is 0 Å². The molecule has 0 radical (unpaired) electrons. The van der Waals surface area contributed by atoms with E-state index in [-0.39, 0.29) is 5.78 Å². The van der Waals surface area contributed by atoms with E-state index in [9.17, 15) is 4.79 Å². The Morgan fingerprint density at radius 2 is 2.06 bits per heavy atom. The van der Waals surface area contributed by atoms with E-state index in [0.29, 0.717) is 6.54 Å². The summed E-state index contributed by atoms with van der Waals surface area (Å²) in [6.07, 6.45) is 1.93. The molecule has 1 heterocycles. The average molecular weight is 260 g/mol. The third kappa shape index (κ3) is 3.47. The van der Waals surface area contributed by atoms with Gasteiger partial charge in [0.1, 0.15) is 5.78 Å². The van der Waals surface area contributed by atoms with Gasteiger partial charge in [-0.15, -0.1) is 0 Å². The number of hydrogen-bond donors (Lipinski definition) is 0. The van der Waals surface area contributed by atoms with Crippen LogP contribution in [0.4, 0.5) is 0 Å². The molecule has 0 bridgehead atoms. The number of rotatable bonds is 5. The number of aromatic nitrogens is 2. The van der Waals surface area contributed by atoms with Gasteiger partial charge in [0.15, 0.2) is 5.16 Å². The molecular formula is C14H16N2OS. The Morgan fingerprint density at radius 1 is 1.33 bits per heavy atom. The summed E-state index contributed by atoms with van der Waals surface area (Å²) in [5.74, 6) is 1.02. The zero-order valence-electron chi connectivity index (χ0n) is 10.6. The van der Waals surface area contributed by atoms with Gasteiger partial charge in [-0.3, -0.25) is 4.79 Å². The fourth-order valence-corrected chi connectivity index (χ4v) is 2.70. The van der Waals surface area contributed by atoms with Gasteiger partial charge in [-0.1, -0.05) is 42.1 Å². The Labute approximate surface area is 111 Å². The standard InChI is InChI=1S/C14H16N2OS/c1-11-8-16(9-12(2)17)14(15-11)18-10-13-6-4-3-5-7-13/h3-8H,9-10H2,1-2H3. The van der Waals surface area contributed by atoms with E-state index in [2.05, 4.69) is 17.1 Å². The number of aryl methyl sites for hydroxylation is 1. The average Bonchev–Trinajstić information content (AvgIpc) is 2.67. The first kappa shape index (κ1) is 12.9. The van der Waals surface area contributed by atoms with Gasteiger partial charge in [0.2, 0.25) is 0 Å². The smallest absolute Gasteiger partial charge is 0.168 e. The van der Waals surface area contributed by atoms with Gasteiger partial charge in [-0.2, -0.15) is 0 Å². The molecular weight excluding hydrogens is 244 g/mol. The van der Waals surface area contributed by atoms with Gasteiger partial charge in [-0.05, 0) is 19.4 Å². The van der Waals surface area contributed by atoms with Crippen molar-refractivity contribution in [3.8, 4) is 0 Å². The molecule has 4 heteroatoms. The number of ketones is 1. The lowest BCUT2D eigenvalue weighted by Crippen LogP contribution is -2.06. The van der Waals surface area contributed by atoms with Crippen LogP contribution in [-0.4, -0.2) is 15.3 Å². The monoisotopic (exact) mass is 260 g/mol. The highest BCUT2D eigenvalue weighted by Crippen LogP contribution is 2.22. The van der Waals surface area contributed by atoms with E-state index in [1.807, 2.05) is 35.9 Å². The largest absolute Gasteiger partial charge is 0.318 e. The lowest BCUT2D eigenvalue weighted by Gasteiger charge is -2.05. The van der Waals surface area contributed by atoms with Crippen LogP contribution in [0, 0.1) is 6.92 Å². The lowest BCUT2D eigenvalue weighted by atomic mass is 10.2. The molecule has 0 atom stereocenters. The Morgan fingerprint density at radius 3 is 2.72 bits per heavy atom. The van der Waals surface area contributed by atoms with E-state index in [1.165, 1.54) is 5.56 Å². The number of Topliss-reactive ketones (excluding diaryl/α,β-unsaturated/α-hetero) is 1. The molecule has 0 fully saturated rings. The van der Waals surface area contributed by atoms with Gasteiger partial charge in [0.25, 0.3) is 0 Å². The summed E-state index contributed by atoms with van der Waals surface area (Å²) in [6.45, 7) is 3.95. The van der Waals surface area contributed by atoms with Crippen LogP contribution in [0.25, 0.3) is 0 Å². The molecule has 0 amide bonds. The number of hydrogen-bond acceptors (Lipinski definition) is 3. The van der Waals surface area contributed by atoms with Crippen LogP contribution in [-0.2, 0) is 17.1 Å². The summed E-state index contributed by atoms with van der Waals surface area (Å²) in [5.41, 5.74) is 2.21. The number of carbonyl (C=O) groups excluding carboxylic acids is 1. The minimum absolute atomic E-state index is 0.147. The van der Waals surface area contributed by atoms with Gasteiger partial charge >= 0.3 is 0 Å². The summed E-state index contributed by atoms with van der Waals surface area (Å²) in [4.78, 5) is 15.6. The molecule has 2 rings (SSSR count). The van der Waals surface area contributed by atoms with Crippen molar-refractivity contribution in [3.63, 3.8) is 0 Å². The predicted octanol–water partition coefficient (Wildman–Crippen LogP) is 3.07. The van der Waals surface area contributed by atoms with E-state index in [1.54, 1.807) is 18.7 Å². The maximum Gasteiger partial charge on any atom is 0.168 e. The molecule has 18 heavy (non-hydrogen) atoms. The SMILES string of the molecule is CC(=O)Cn1cc(C)nc1SCc1ccccc1. The van der Waals surface area contributed by atoms with Crippen LogP contribution >= 0.6 is 11.8 Å². The Hall–Kier alpha value is -1.55. The second kappa shape index (κ2) is 5.87. The van der Waals surface area contributed by atoms with E-state index >= 15 is 0 Å². The first-order valence-corrected chi connectivity index (χ1v) is 6.83. The molecule has 0 aliphatic rings. The maximum atomic E-state index is 11.2. The first-order chi connectivity index (χ1) is 8.65. The zero-order valence-corrected chi connectivity index (χ0v) is 11.4. The molecule has 1 aromatic carbocycles. The molecule has 94 valence electrons. The Kier molecular flexibility index (Phi) is 4.20. The van der Waals surface area contributed by atoms with Gasteiger partial charge in [0, 0.05) is 11.9 Å². The van der Waals surface area contributed by atoms with Crippen LogP contribution < -0.4 is 0 Å². The topological polar surface area (TPSA) is 34.9 Å².